The van der Waals surface area contributed by atoms with Crippen LogP contribution < -0.4 is 11.1 Å². The van der Waals surface area contributed by atoms with Gasteiger partial charge < -0.3 is 20.7 Å². The lowest BCUT2D eigenvalue weighted by Gasteiger charge is -2.04. The monoisotopic (exact) mass is 261 g/mol. The fourth-order valence-electron chi connectivity index (χ4n) is 1.47. The minimum Gasteiger partial charge on any atom is -0.476 e. The zero-order valence-corrected chi connectivity index (χ0v) is 9.79. The van der Waals surface area contributed by atoms with Gasteiger partial charge in [0.05, 0.1) is 6.54 Å². The smallest absolute Gasteiger partial charge is 0.358 e. The Labute approximate surface area is 108 Å². The van der Waals surface area contributed by atoms with Gasteiger partial charge in [-0.25, -0.2) is 4.79 Å². The number of aromatic nitrogens is 1. The number of anilines is 1. The Bertz CT molecular complexity index is 621. The molecule has 0 aliphatic rings. The van der Waals surface area contributed by atoms with Crippen molar-refractivity contribution < 1.29 is 19.2 Å². The van der Waals surface area contributed by atoms with Crippen molar-refractivity contribution >= 4 is 17.6 Å². The lowest BCUT2D eigenvalue weighted by Crippen LogP contribution is -2.11. The molecule has 0 spiro atoms. The van der Waals surface area contributed by atoms with Gasteiger partial charge in [-0.1, -0.05) is 11.2 Å². The van der Waals surface area contributed by atoms with Crippen molar-refractivity contribution in [3.63, 3.8) is 0 Å². The van der Waals surface area contributed by atoms with E-state index >= 15 is 0 Å². The van der Waals surface area contributed by atoms with E-state index in [4.69, 9.17) is 15.4 Å². The van der Waals surface area contributed by atoms with E-state index in [2.05, 4.69) is 10.5 Å². The number of nitrogens with two attached hydrogens (primary N) is 1. The molecule has 1 aromatic heterocycles. The topological polar surface area (TPSA) is 118 Å². The number of rotatable bonds is 5. The highest BCUT2D eigenvalue weighted by molar-refractivity contribution is 5.93. The fourth-order valence-corrected chi connectivity index (χ4v) is 1.47. The van der Waals surface area contributed by atoms with E-state index < -0.39 is 11.9 Å². The van der Waals surface area contributed by atoms with Crippen LogP contribution in [0.4, 0.5) is 5.69 Å². The third-order valence-electron chi connectivity index (χ3n) is 2.39. The van der Waals surface area contributed by atoms with Crippen molar-refractivity contribution in [2.75, 3.05) is 5.32 Å². The predicted octanol–water partition coefficient (Wildman–Crippen LogP) is 1.08. The minimum absolute atomic E-state index is 0.150. The van der Waals surface area contributed by atoms with Crippen molar-refractivity contribution in [1.82, 2.24) is 5.16 Å². The van der Waals surface area contributed by atoms with Crippen LogP contribution in [0.25, 0.3) is 0 Å². The molecule has 0 unspecified atom stereocenters. The molecule has 2 rings (SSSR count). The summed E-state index contributed by atoms with van der Waals surface area (Å²) < 4.78 is 4.84. The zero-order valence-electron chi connectivity index (χ0n) is 9.79. The van der Waals surface area contributed by atoms with E-state index in [0.717, 1.165) is 0 Å². The number of hydrogen-bond acceptors (Lipinski definition) is 5. The number of carbonyl (C=O) groups is 2. The molecule has 1 amide bonds. The summed E-state index contributed by atoms with van der Waals surface area (Å²) in [6.45, 7) is 0.252. The second-order valence-corrected chi connectivity index (χ2v) is 3.78. The van der Waals surface area contributed by atoms with Gasteiger partial charge in [0.15, 0.2) is 11.5 Å². The average molecular weight is 261 g/mol. The van der Waals surface area contributed by atoms with Crippen LogP contribution in [-0.4, -0.2) is 22.1 Å². The number of carboxylic acids is 1. The molecule has 0 saturated carbocycles. The van der Waals surface area contributed by atoms with E-state index in [9.17, 15) is 9.59 Å². The molecular formula is C12H11N3O4. The molecule has 4 N–H and O–H groups in total. The summed E-state index contributed by atoms with van der Waals surface area (Å²) in [6.07, 6.45) is 0. The van der Waals surface area contributed by atoms with Gasteiger partial charge in [0.2, 0.25) is 5.91 Å². The SMILES string of the molecule is NC(=O)c1cccc(NCc2cc(C(=O)O)no2)c1. The van der Waals surface area contributed by atoms with Gasteiger partial charge in [0.1, 0.15) is 0 Å². The number of benzene rings is 1. The first-order chi connectivity index (χ1) is 9.06. The number of primary amides is 1. The molecule has 0 aliphatic carbocycles. The van der Waals surface area contributed by atoms with Crippen LogP contribution in [0.3, 0.4) is 0 Å². The quantitative estimate of drug-likeness (QED) is 0.741. The molecule has 0 aliphatic heterocycles. The van der Waals surface area contributed by atoms with Crippen molar-refractivity contribution in [3.8, 4) is 0 Å². The molecule has 0 saturated heterocycles. The Morgan fingerprint density at radius 3 is 2.79 bits per heavy atom. The summed E-state index contributed by atoms with van der Waals surface area (Å²) in [5, 5.41) is 15.0. The molecule has 1 aromatic carbocycles. The van der Waals surface area contributed by atoms with Gasteiger partial charge in [0, 0.05) is 17.3 Å². The lowest BCUT2D eigenvalue weighted by molar-refractivity contribution is 0.0685. The van der Waals surface area contributed by atoms with Gasteiger partial charge in [0.25, 0.3) is 0 Å². The Hall–Kier alpha value is -2.83. The van der Waals surface area contributed by atoms with Crippen molar-refractivity contribution in [3.05, 3.63) is 47.3 Å². The fraction of sp³-hybridized carbons (Fsp3) is 0.0833. The highest BCUT2D eigenvalue weighted by atomic mass is 16.5. The van der Waals surface area contributed by atoms with Crippen LogP contribution in [0.5, 0.6) is 0 Å². The Balaban J connectivity index is 2.03. The summed E-state index contributed by atoms with van der Waals surface area (Å²) in [7, 11) is 0. The van der Waals surface area contributed by atoms with Gasteiger partial charge in [-0.2, -0.15) is 0 Å². The summed E-state index contributed by atoms with van der Waals surface area (Å²) in [5.41, 5.74) is 6.07. The second-order valence-electron chi connectivity index (χ2n) is 3.78. The van der Waals surface area contributed by atoms with Crippen LogP contribution in [0.1, 0.15) is 26.6 Å². The highest BCUT2D eigenvalue weighted by Gasteiger charge is 2.10. The van der Waals surface area contributed by atoms with E-state index in [1.807, 2.05) is 0 Å². The average Bonchev–Trinajstić information content (AvgIpc) is 2.85. The van der Waals surface area contributed by atoms with Gasteiger partial charge >= 0.3 is 5.97 Å². The normalized spacial score (nSPS) is 10.1. The highest BCUT2D eigenvalue weighted by Crippen LogP contribution is 2.12. The van der Waals surface area contributed by atoms with Gasteiger partial charge in [-0.05, 0) is 18.2 Å². The number of nitrogens with one attached hydrogen (secondary N) is 1. The van der Waals surface area contributed by atoms with Gasteiger partial charge in [-0.15, -0.1) is 0 Å². The first-order valence-electron chi connectivity index (χ1n) is 5.39. The van der Waals surface area contributed by atoms with Crippen molar-refractivity contribution in [1.29, 1.82) is 0 Å². The van der Waals surface area contributed by atoms with Crippen LogP contribution in [0.15, 0.2) is 34.9 Å². The molecule has 2 aromatic rings. The number of carbonyl (C=O) groups excluding carboxylic acids is 1. The maximum Gasteiger partial charge on any atom is 0.358 e. The molecule has 0 fully saturated rings. The summed E-state index contributed by atoms with van der Waals surface area (Å²) in [5.74, 6) is -1.29. The van der Waals surface area contributed by atoms with Gasteiger partial charge in [-0.3, -0.25) is 4.79 Å². The predicted molar refractivity (Wildman–Crippen MR) is 65.7 cm³/mol. The molecule has 7 nitrogen and oxygen atoms in total. The van der Waals surface area contributed by atoms with Crippen LogP contribution in [0.2, 0.25) is 0 Å². The van der Waals surface area contributed by atoms with Crippen molar-refractivity contribution in [2.45, 2.75) is 6.54 Å². The van der Waals surface area contributed by atoms with Crippen LogP contribution in [0, 0.1) is 0 Å². The Morgan fingerprint density at radius 1 is 1.37 bits per heavy atom. The maximum absolute atomic E-state index is 11.0. The molecule has 19 heavy (non-hydrogen) atoms. The van der Waals surface area contributed by atoms with Crippen LogP contribution in [-0.2, 0) is 6.54 Å². The number of carboxylic acid groups (broad SMARTS) is 1. The largest absolute Gasteiger partial charge is 0.476 e. The molecule has 0 atom stereocenters. The molecule has 7 heteroatoms. The van der Waals surface area contributed by atoms with E-state index in [0.29, 0.717) is 17.0 Å². The third kappa shape index (κ3) is 3.09. The van der Waals surface area contributed by atoms with E-state index in [-0.39, 0.29) is 12.2 Å². The Kier molecular flexibility index (Phi) is 3.46. The summed E-state index contributed by atoms with van der Waals surface area (Å²) >= 11 is 0. The number of aromatic carboxylic acids is 1. The molecule has 98 valence electrons. The molecule has 0 radical (unpaired) electrons. The first-order valence-corrected chi connectivity index (χ1v) is 5.39. The summed E-state index contributed by atoms with van der Waals surface area (Å²) in [6, 6.07) is 7.96. The second kappa shape index (κ2) is 5.21. The molecule has 0 bridgehead atoms. The standard InChI is InChI=1S/C12H11N3O4/c13-11(16)7-2-1-3-8(4-7)14-6-9-5-10(12(17)18)15-19-9/h1-5,14H,6H2,(H2,13,16)(H,17,18). The minimum atomic E-state index is -1.15. The van der Waals surface area contributed by atoms with E-state index in [1.165, 1.54) is 6.07 Å². The number of hydrogen-bond donors (Lipinski definition) is 3. The first kappa shape index (κ1) is 12.6. The van der Waals surface area contributed by atoms with Crippen molar-refractivity contribution in [2.24, 2.45) is 5.73 Å². The molecule has 1 heterocycles. The van der Waals surface area contributed by atoms with Crippen LogP contribution >= 0.6 is 0 Å². The maximum atomic E-state index is 11.0. The lowest BCUT2D eigenvalue weighted by atomic mass is 10.2. The number of nitrogens with zero attached hydrogens (tertiary/aromatic N) is 1. The van der Waals surface area contributed by atoms with E-state index in [1.54, 1.807) is 24.3 Å². The zero-order chi connectivity index (χ0) is 13.8. The molecular weight excluding hydrogens is 250 g/mol. The Morgan fingerprint density at radius 2 is 2.16 bits per heavy atom. The number of amides is 1. The summed E-state index contributed by atoms with van der Waals surface area (Å²) in [4.78, 5) is 21.6. The third-order valence-corrected chi connectivity index (χ3v) is 2.39.